The maximum atomic E-state index is 3.63. The molecule has 0 N–H and O–H groups in total. The van der Waals surface area contributed by atoms with Gasteiger partial charge in [0, 0.05) is 28.2 Å². The number of hydrogen-bond donors (Lipinski definition) is 0. The molecule has 82 valence electrons. The summed E-state index contributed by atoms with van der Waals surface area (Å²) in [4.78, 5) is 0. The fourth-order valence-corrected chi connectivity index (χ4v) is 4.07. The quantitative estimate of drug-likeness (QED) is 0.399. The van der Waals surface area contributed by atoms with Crippen molar-refractivity contribution in [3.8, 4) is 0 Å². The number of fused-ring (bicyclic) bond motifs is 3. The van der Waals surface area contributed by atoms with Crippen LogP contribution in [0.4, 0.5) is 0 Å². The SMILES string of the molecule is Brc1cccc2sc3ccc(I)cc3c12.C. The van der Waals surface area contributed by atoms with Gasteiger partial charge in [0.25, 0.3) is 0 Å². The molecule has 0 aliphatic carbocycles. The average molecular weight is 405 g/mol. The topological polar surface area (TPSA) is 0 Å². The van der Waals surface area contributed by atoms with Crippen LogP contribution in [-0.2, 0) is 0 Å². The zero-order valence-electron chi connectivity index (χ0n) is 7.63. The van der Waals surface area contributed by atoms with E-state index in [9.17, 15) is 0 Å². The van der Waals surface area contributed by atoms with Gasteiger partial charge in [-0.05, 0) is 52.9 Å². The third-order valence-electron chi connectivity index (χ3n) is 2.41. The fraction of sp³-hybridized carbons (Fsp3) is 0.0769. The van der Waals surface area contributed by atoms with E-state index in [4.69, 9.17) is 0 Å². The molecule has 0 radical (unpaired) electrons. The van der Waals surface area contributed by atoms with Crippen molar-refractivity contribution in [1.82, 2.24) is 0 Å². The minimum absolute atomic E-state index is 0. The third kappa shape index (κ3) is 1.89. The molecule has 2 aromatic carbocycles. The Labute approximate surface area is 121 Å². The zero-order chi connectivity index (χ0) is 10.4. The Kier molecular flexibility index (Phi) is 3.56. The van der Waals surface area contributed by atoms with Gasteiger partial charge in [-0.25, -0.2) is 0 Å². The first-order chi connectivity index (χ1) is 7.25. The van der Waals surface area contributed by atoms with E-state index in [1.165, 1.54) is 28.2 Å². The van der Waals surface area contributed by atoms with E-state index >= 15 is 0 Å². The molecular formula is C13H10BrIS. The van der Waals surface area contributed by atoms with Crippen LogP contribution >= 0.6 is 49.9 Å². The number of benzene rings is 2. The molecule has 16 heavy (non-hydrogen) atoms. The van der Waals surface area contributed by atoms with Crippen LogP contribution in [0.15, 0.2) is 40.9 Å². The van der Waals surface area contributed by atoms with Crippen LogP contribution in [0.3, 0.4) is 0 Å². The van der Waals surface area contributed by atoms with Crippen molar-refractivity contribution in [2.45, 2.75) is 7.43 Å². The molecule has 0 bridgehead atoms. The van der Waals surface area contributed by atoms with Crippen LogP contribution in [0, 0.1) is 3.57 Å². The highest BCUT2D eigenvalue weighted by Crippen LogP contribution is 2.38. The maximum absolute atomic E-state index is 3.63. The third-order valence-corrected chi connectivity index (χ3v) is 4.87. The maximum Gasteiger partial charge on any atom is 0.0366 e. The largest absolute Gasteiger partial charge is 0.135 e. The van der Waals surface area contributed by atoms with E-state index in [0.29, 0.717) is 0 Å². The second kappa shape index (κ2) is 4.63. The monoisotopic (exact) mass is 404 g/mol. The highest BCUT2D eigenvalue weighted by atomic mass is 127. The van der Waals surface area contributed by atoms with Gasteiger partial charge in [0.1, 0.15) is 0 Å². The molecule has 1 heterocycles. The lowest BCUT2D eigenvalue weighted by molar-refractivity contribution is 1.75. The van der Waals surface area contributed by atoms with Crippen LogP contribution in [-0.4, -0.2) is 0 Å². The van der Waals surface area contributed by atoms with Gasteiger partial charge in [-0.2, -0.15) is 0 Å². The molecule has 0 amide bonds. The lowest BCUT2D eigenvalue weighted by Gasteiger charge is -1.95. The normalized spacial score (nSPS) is 10.6. The number of halogens is 2. The first-order valence-electron chi connectivity index (χ1n) is 4.52. The molecule has 0 unspecified atom stereocenters. The van der Waals surface area contributed by atoms with Crippen molar-refractivity contribution in [3.05, 3.63) is 44.4 Å². The second-order valence-electron chi connectivity index (χ2n) is 3.36. The molecule has 0 aliphatic heterocycles. The molecule has 3 aromatic rings. The number of thiophene rings is 1. The van der Waals surface area contributed by atoms with Crippen LogP contribution < -0.4 is 0 Å². The smallest absolute Gasteiger partial charge is 0.0366 e. The summed E-state index contributed by atoms with van der Waals surface area (Å²) in [5.74, 6) is 0. The van der Waals surface area contributed by atoms with Crippen molar-refractivity contribution in [3.63, 3.8) is 0 Å². The standard InChI is InChI=1S/C12H6BrIS.CH4/c13-9-2-1-3-11-12(9)8-6-7(14)4-5-10(8)15-11;/h1-6H;1H4. The average Bonchev–Trinajstić information content (AvgIpc) is 2.57. The number of rotatable bonds is 0. The van der Waals surface area contributed by atoms with Gasteiger partial charge in [-0.15, -0.1) is 11.3 Å². The lowest BCUT2D eigenvalue weighted by Crippen LogP contribution is -1.71. The summed E-state index contributed by atoms with van der Waals surface area (Å²) < 4.78 is 5.18. The lowest BCUT2D eigenvalue weighted by atomic mass is 10.2. The summed E-state index contributed by atoms with van der Waals surface area (Å²) in [7, 11) is 0. The van der Waals surface area contributed by atoms with Crippen LogP contribution in [0.25, 0.3) is 20.2 Å². The number of hydrogen-bond acceptors (Lipinski definition) is 1. The van der Waals surface area contributed by atoms with Crippen molar-refractivity contribution >= 4 is 70.0 Å². The first-order valence-corrected chi connectivity index (χ1v) is 7.21. The fourth-order valence-electron chi connectivity index (χ4n) is 1.76. The van der Waals surface area contributed by atoms with Crippen molar-refractivity contribution < 1.29 is 0 Å². The molecule has 0 saturated heterocycles. The van der Waals surface area contributed by atoms with E-state index in [1.807, 2.05) is 11.3 Å². The molecular weight excluding hydrogens is 395 g/mol. The first kappa shape index (κ1) is 12.3. The van der Waals surface area contributed by atoms with Gasteiger partial charge in [0.05, 0.1) is 0 Å². The Hall–Kier alpha value is -0.130. The van der Waals surface area contributed by atoms with Gasteiger partial charge in [0.2, 0.25) is 0 Å². The van der Waals surface area contributed by atoms with Crippen molar-refractivity contribution in [2.24, 2.45) is 0 Å². The molecule has 1 aromatic heterocycles. The van der Waals surface area contributed by atoms with Crippen LogP contribution in [0.5, 0.6) is 0 Å². The van der Waals surface area contributed by atoms with Crippen LogP contribution in [0.1, 0.15) is 7.43 Å². The molecule has 0 nitrogen and oxygen atoms in total. The van der Waals surface area contributed by atoms with Crippen molar-refractivity contribution in [1.29, 1.82) is 0 Å². The zero-order valence-corrected chi connectivity index (χ0v) is 12.2. The van der Waals surface area contributed by atoms with Gasteiger partial charge in [0.15, 0.2) is 0 Å². The highest BCUT2D eigenvalue weighted by Gasteiger charge is 2.07. The molecule has 0 aliphatic rings. The summed E-state index contributed by atoms with van der Waals surface area (Å²) in [6.07, 6.45) is 0. The summed E-state index contributed by atoms with van der Waals surface area (Å²) >= 11 is 7.84. The Morgan fingerprint density at radius 1 is 1.06 bits per heavy atom. The minimum atomic E-state index is 0. The van der Waals surface area contributed by atoms with Crippen LogP contribution in [0.2, 0.25) is 0 Å². The molecule has 0 saturated carbocycles. The summed E-state index contributed by atoms with van der Waals surface area (Å²) in [5.41, 5.74) is 0. The molecule has 0 fully saturated rings. The molecule has 0 atom stereocenters. The van der Waals surface area contributed by atoms with E-state index in [0.717, 1.165) is 0 Å². The van der Waals surface area contributed by atoms with E-state index in [1.54, 1.807) is 0 Å². The Morgan fingerprint density at radius 3 is 2.69 bits per heavy atom. The Bertz CT molecular complexity index is 657. The van der Waals surface area contributed by atoms with Gasteiger partial charge >= 0.3 is 0 Å². The molecule has 3 rings (SSSR count). The molecule has 0 spiro atoms. The predicted molar refractivity (Wildman–Crippen MR) is 86.5 cm³/mol. The van der Waals surface area contributed by atoms with E-state index < -0.39 is 0 Å². The van der Waals surface area contributed by atoms with Gasteiger partial charge < -0.3 is 0 Å². The van der Waals surface area contributed by atoms with Gasteiger partial charge in [-0.1, -0.05) is 29.4 Å². The van der Waals surface area contributed by atoms with Gasteiger partial charge in [-0.3, -0.25) is 0 Å². The summed E-state index contributed by atoms with van der Waals surface area (Å²) in [6, 6.07) is 13.0. The van der Waals surface area contributed by atoms with E-state index in [-0.39, 0.29) is 7.43 Å². The predicted octanol–water partition coefficient (Wildman–Crippen LogP) is 6.06. The summed E-state index contributed by atoms with van der Waals surface area (Å²) in [6.45, 7) is 0. The Morgan fingerprint density at radius 2 is 1.88 bits per heavy atom. The van der Waals surface area contributed by atoms with Crippen molar-refractivity contribution in [2.75, 3.05) is 0 Å². The second-order valence-corrected chi connectivity index (χ2v) is 6.54. The highest BCUT2D eigenvalue weighted by molar-refractivity contribution is 14.1. The van der Waals surface area contributed by atoms with E-state index in [2.05, 4.69) is 74.9 Å². The molecule has 3 heteroatoms. The Balaban J connectivity index is 0.000000963. The minimum Gasteiger partial charge on any atom is -0.135 e. The summed E-state index contributed by atoms with van der Waals surface area (Å²) in [5, 5.41) is 2.70.